The first-order valence-electron chi connectivity index (χ1n) is 5.67. The van der Waals surface area contributed by atoms with E-state index in [-0.39, 0.29) is 24.8 Å². The minimum absolute atomic E-state index is 0.0518. The van der Waals surface area contributed by atoms with Crippen molar-refractivity contribution in [1.82, 2.24) is 15.5 Å². The van der Waals surface area contributed by atoms with E-state index >= 15 is 0 Å². The number of hydrogen-bond acceptors (Lipinski definition) is 4. The normalized spacial score (nSPS) is 27.4. The van der Waals surface area contributed by atoms with Crippen molar-refractivity contribution in [1.29, 1.82) is 0 Å². The molecule has 7 heteroatoms. The summed E-state index contributed by atoms with van der Waals surface area (Å²) in [5, 5.41) is 6.80. The highest BCUT2D eigenvalue weighted by atomic mass is 19.4. The predicted molar refractivity (Wildman–Crippen MR) is 51.2 cm³/mol. The highest BCUT2D eigenvalue weighted by Crippen LogP contribution is 2.58. The van der Waals surface area contributed by atoms with Gasteiger partial charge in [0.1, 0.15) is 5.41 Å². The third kappa shape index (κ3) is 1.64. The second-order valence-corrected chi connectivity index (χ2v) is 4.69. The maximum atomic E-state index is 12.8. The smallest absolute Gasteiger partial charge is 0.338 e. The first-order chi connectivity index (χ1) is 8.03. The molecule has 0 radical (unpaired) electrons. The zero-order chi connectivity index (χ0) is 12.1. The highest BCUT2D eigenvalue weighted by Gasteiger charge is 2.68. The molecule has 17 heavy (non-hydrogen) atoms. The maximum absolute atomic E-state index is 12.8. The lowest BCUT2D eigenvalue weighted by atomic mass is 10.1. The van der Waals surface area contributed by atoms with Crippen molar-refractivity contribution in [3.63, 3.8) is 0 Å². The van der Waals surface area contributed by atoms with Gasteiger partial charge in [0.15, 0.2) is 5.82 Å². The van der Waals surface area contributed by atoms with E-state index in [1.54, 1.807) is 0 Å². The summed E-state index contributed by atoms with van der Waals surface area (Å²) in [4.78, 5) is 3.93. The van der Waals surface area contributed by atoms with Gasteiger partial charge in [-0.2, -0.15) is 18.2 Å². The van der Waals surface area contributed by atoms with Gasteiger partial charge in [-0.1, -0.05) is 5.16 Å². The third-order valence-corrected chi connectivity index (χ3v) is 3.52. The number of rotatable bonds is 2. The molecule has 1 aliphatic carbocycles. The molecule has 0 spiro atoms. The Hall–Kier alpha value is -1.11. The first kappa shape index (κ1) is 11.0. The quantitative estimate of drug-likeness (QED) is 0.869. The number of nitrogens with one attached hydrogen (secondary N) is 1. The molecule has 1 aliphatic heterocycles. The van der Waals surface area contributed by atoms with Gasteiger partial charge in [-0.25, -0.2) is 0 Å². The van der Waals surface area contributed by atoms with Crippen LogP contribution in [0.3, 0.4) is 0 Å². The van der Waals surface area contributed by atoms with E-state index < -0.39 is 11.6 Å². The predicted octanol–water partition coefficient (Wildman–Crippen LogP) is 2.09. The molecule has 1 atom stereocenters. The molecule has 0 amide bonds. The minimum Gasteiger partial charge on any atom is -0.338 e. The second-order valence-electron chi connectivity index (χ2n) is 4.69. The van der Waals surface area contributed by atoms with E-state index in [4.69, 9.17) is 4.52 Å². The molecule has 94 valence electrons. The summed E-state index contributed by atoms with van der Waals surface area (Å²) in [6.45, 7) is 0.846. The van der Waals surface area contributed by atoms with Crippen LogP contribution in [0.2, 0.25) is 0 Å². The van der Waals surface area contributed by atoms with Crippen LogP contribution in [-0.2, 0) is 5.41 Å². The number of alkyl halides is 3. The summed E-state index contributed by atoms with van der Waals surface area (Å²) in [7, 11) is 0. The zero-order valence-electron chi connectivity index (χ0n) is 9.05. The van der Waals surface area contributed by atoms with Crippen LogP contribution in [0.15, 0.2) is 4.52 Å². The Morgan fingerprint density at radius 1 is 1.35 bits per heavy atom. The molecule has 4 nitrogen and oxygen atoms in total. The molecule has 1 saturated carbocycles. The standard InChI is InChI=1S/C10H12F3N3O/c11-10(12,13)9(3-4-9)8-15-7(16-17-8)6-2-1-5-14-6/h6,14H,1-5H2. The number of aromatic nitrogens is 2. The molecule has 3 rings (SSSR count). The van der Waals surface area contributed by atoms with Crippen LogP contribution in [0.1, 0.15) is 43.4 Å². The van der Waals surface area contributed by atoms with Gasteiger partial charge < -0.3 is 9.84 Å². The fourth-order valence-electron chi connectivity index (χ4n) is 2.22. The number of nitrogens with zero attached hydrogens (tertiary/aromatic N) is 2. The van der Waals surface area contributed by atoms with Crippen molar-refractivity contribution in [3.05, 3.63) is 11.7 Å². The summed E-state index contributed by atoms with van der Waals surface area (Å²) in [6, 6.07) is -0.0588. The Kier molecular flexibility index (Phi) is 2.23. The van der Waals surface area contributed by atoms with Crippen molar-refractivity contribution in [2.75, 3.05) is 6.54 Å². The lowest BCUT2D eigenvalue weighted by Crippen LogP contribution is -2.29. The lowest BCUT2D eigenvalue weighted by molar-refractivity contribution is -0.166. The van der Waals surface area contributed by atoms with Gasteiger partial charge >= 0.3 is 6.18 Å². The average molecular weight is 247 g/mol. The summed E-state index contributed by atoms with van der Waals surface area (Å²) >= 11 is 0. The number of hydrogen-bond donors (Lipinski definition) is 1. The third-order valence-electron chi connectivity index (χ3n) is 3.52. The largest absolute Gasteiger partial charge is 0.403 e. The Morgan fingerprint density at radius 3 is 2.65 bits per heavy atom. The molecular formula is C10H12F3N3O. The fraction of sp³-hybridized carbons (Fsp3) is 0.800. The van der Waals surface area contributed by atoms with Gasteiger partial charge in [0.25, 0.3) is 0 Å². The Bertz CT molecular complexity index is 419. The summed E-state index contributed by atoms with van der Waals surface area (Å²) in [5.41, 5.74) is -1.86. The average Bonchev–Trinajstić information content (AvgIpc) is 2.76. The minimum atomic E-state index is -4.29. The van der Waals surface area contributed by atoms with Gasteiger partial charge in [-0.3, -0.25) is 0 Å². The van der Waals surface area contributed by atoms with E-state index in [2.05, 4.69) is 15.5 Å². The topological polar surface area (TPSA) is 51.0 Å². The van der Waals surface area contributed by atoms with Crippen LogP contribution < -0.4 is 5.32 Å². The van der Waals surface area contributed by atoms with E-state index in [1.807, 2.05) is 0 Å². The van der Waals surface area contributed by atoms with Crippen LogP contribution in [0.25, 0.3) is 0 Å². The van der Waals surface area contributed by atoms with Crippen LogP contribution in [0.4, 0.5) is 13.2 Å². The van der Waals surface area contributed by atoms with Gasteiger partial charge in [-0.05, 0) is 32.2 Å². The van der Waals surface area contributed by atoms with Gasteiger partial charge in [0, 0.05) is 0 Å². The SMILES string of the molecule is FC(F)(F)C1(c2nc(C3CCCN3)no2)CC1. The second kappa shape index (κ2) is 3.44. The lowest BCUT2D eigenvalue weighted by Gasteiger charge is -2.14. The first-order valence-corrected chi connectivity index (χ1v) is 5.67. The molecule has 2 aliphatic rings. The van der Waals surface area contributed by atoms with Gasteiger partial charge in [0.05, 0.1) is 6.04 Å². The molecule has 1 aromatic rings. The van der Waals surface area contributed by atoms with E-state index in [0.717, 1.165) is 19.4 Å². The molecule has 0 bridgehead atoms. The molecular weight excluding hydrogens is 235 g/mol. The van der Waals surface area contributed by atoms with Gasteiger partial charge in [0.2, 0.25) is 5.89 Å². The summed E-state index contributed by atoms with van der Waals surface area (Å²) in [6.07, 6.45) is -2.36. The molecule has 0 aromatic carbocycles. The van der Waals surface area contributed by atoms with E-state index in [9.17, 15) is 13.2 Å². The van der Waals surface area contributed by atoms with E-state index in [1.165, 1.54) is 0 Å². The van der Waals surface area contributed by atoms with Crippen LogP contribution in [0.5, 0.6) is 0 Å². The Morgan fingerprint density at radius 2 is 2.12 bits per heavy atom. The van der Waals surface area contributed by atoms with Crippen molar-refractivity contribution < 1.29 is 17.7 Å². The van der Waals surface area contributed by atoms with Crippen LogP contribution in [-0.4, -0.2) is 22.9 Å². The summed E-state index contributed by atoms with van der Waals surface area (Å²) < 4.78 is 43.3. The van der Waals surface area contributed by atoms with Crippen molar-refractivity contribution >= 4 is 0 Å². The van der Waals surface area contributed by atoms with Crippen LogP contribution in [0, 0.1) is 0 Å². The molecule has 2 fully saturated rings. The van der Waals surface area contributed by atoms with E-state index in [0.29, 0.717) is 5.82 Å². The Balaban J connectivity index is 1.85. The monoisotopic (exact) mass is 247 g/mol. The zero-order valence-corrected chi connectivity index (χ0v) is 9.05. The van der Waals surface area contributed by atoms with Crippen molar-refractivity contribution in [3.8, 4) is 0 Å². The highest BCUT2D eigenvalue weighted by molar-refractivity contribution is 5.20. The Labute approximate surface area is 95.6 Å². The molecule has 1 saturated heterocycles. The van der Waals surface area contributed by atoms with Crippen molar-refractivity contribution in [2.45, 2.75) is 43.3 Å². The molecule has 1 unspecified atom stereocenters. The fourth-order valence-corrected chi connectivity index (χ4v) is 2.22. The maximum Gasteiger partial charge on any atom is 0.403 e. The van der Waals surface area contributed by atoms with Crippen molar-refractivity contribution in [2.24, 2.45) is 0 Å². The number of halogens is 3. The molecule has 2 heterocycles. The molecule has 1 aromatic heterocycles. The summed E-state index contributed by atoms with van der Waals surface area (Å²) in [5.74, 6) is 0.0849. The van der Waals surface area contributed by atoms with Gasteiger partial charge in [-0.15, -0.1) is 0 Å². The van der Waals surface area contributed by atoms with Crippen LogP contribution >= 0.6 is 0 Å². The molecule has 1 N–H and O–H groups in total.